The normalized spacial score (nSPS) is 20.1. The molecule has 0 N–H and O–H groups in total. The van der Waals surface area contributed by atoms with Gasteiger partial charge in [-0.15, -0.1) is 0 Å². The summed E-state index contributed by atoms with van der Waals surface area (Å²) in [6, 6.07) is 16.6. The van der Waals surface area contributed by atoms with Crippen molar-refractivity contribution >= 4 is 21.7 Å². The molecule has 0 bridgehead atoms. The van der Waals surface area contributed by atoms with E-state index in [0.29, 0.717) is 11.8 Å². The predicted molar refractivity (Wildman–Crippen MR) is 182 cm³/mol. The first kappa shape index (κ1) is 28.5. The molecule has 7 rings (SSSR count). The number of allylic oxidation sites excluding steroid dienone is 4. The summed E-state index contributed by atoms with van der Waals surface area (Å²) in [5, 5.41) is 4.10. The van der Waals surface area contributed by atoms with E-state index in [9.17, 15) is 0 Å². The van der Waals surface area contributed by atoms with Crippen LogP contribution in [0.15, 0.2) is 72.1 Å². The zero-order valence-electron chi connectivity index (χ0n) is 27.9. The fraction of sp³-hybridized carbons (Fsp3) is 0.463. The Morgan fingerprint density at radius 1 is 0.884 bits per heavy atom. The lowest BCUT2D eigenvalue weighted by atomic mass is 9.65. The minimum atomic E-state index is -0.268. The van der Waals surface area contributed by atoms with Crippen molar-refractivity contribution in [3.8, 4) is 11.3 Å². The fourth-order valence-corrected chi connectivity index (χ4v) is 8.94. The molecule has 1 unspecified atom stereocenters. The standard InChI is InChI=1S/C41H49N2/c1-10-25(11-2)28-18-29(26(12-3)13-4)23-41(22-28)33-19-27-16-14-15-17-31(27)37-36(33)38-35-32(40(37,8)9)20-30(39(5,6)7)21-34(35)42-24-43(38)41/h14-22,24-26H,10-13,23H2,1-9H3/q+1. The van der Waals surface area contributed by atoms with Gasteiger partial charge < -0.3 is 0 Å². The highest BCUT2D eigenvalue weighted by molar-refractivity contribution is 6.06. The molecular weight excluding hydrogens is 520 g/mol. The maximum absolute atomic E-state index is 5.32. The van der Waals surface area contributed by atoms with E-state index in [1.165, 1.54) is 80.9 Å². The molecule has 3 aliphatic rings. The number of rotatable bonds is 6. The summed E-state index contributed by atoms with van der Waals surface area (Å²) in [7, 11) is 0. The first-order chi connectivity index (χ1) is 20.5. The smallest absolute Gasteiger partial charge is 0.215 e. The maximum Gasteiger partial charge on any atom is 0.288 e. The van der Waals surface area contributed by atoms with Crippen LogP contribution in [0.1, 0.15) is 117 Å². The van der Waals surface area contributed by atoms with Gasteiger partial charge in [-0.1, -0.05) is 104 Å². The van der Waals surface area contributed by atoms with Crippen LogP contribution in [0.4, 0.5) is 0 Å². The summed E-state index contributed by atoms with van der Waals surface area (Å²) in [5.41, 5.74) is 12.5. The van der Waals surface area contributed by atoms with Crippen molar-refractivity contribution in [2.45, 2.75) is 111 Å². The van der Waals surface area contributed by atoms with Crippen molar-refractivity contribution in [1.29, 1.82) is 0 Å². The van der Waals surface area contributed by atoms with Gasteiger partial charge in [-0.3, -0.25) is 0 Å². The van der Waals surface area contributed by atoms with Crippen LogP contribution >= 0.6 is 0 Å². The summed E-state index contributed by atoms with van der Waals surface area (Å²) in [6.45, 7) is 21.4. The quantitative estimate of drug-likeness (QED) is 0.211. The van der Waals surface area contributed by atoms with Gasteiger partial charge in [0.1, 0.15) is 5.69 Å². The van der Waals surface area contributed by atoms with Crippen LogP contribution in [0.5, 0.6) is 0 Å². The molecule has 1 aliphatic heterocycles. The van der Waals surface area contributed by atoms with E-state index in [1.807, 2.05) is 0 Å². The first-order valence-electron chi connectivity index (χ1n) is 16.9. The molecule has 0 saturated heterocycles. The van der Waals surface area contributed by atoms with E-state index < -0.39 is 0 Å². The Morgan fingerprint density at radius 2 is 1.58 bits per heavy atom. The minimum Gasteiger partial charge on any atom is -0.215 e. The van der Waals surface area contributed by atoms with E-state index in [2.05, 4.69) is 128 Å². The zero-order chi connectivity index (χ0) is 30.5. The Bertz CT molecular complexity index is 1850. The molecule has 3 aromatic carbocycles. The third-order valence-corrected chi connectivity index (χ3v) is 11.5. The molecule has 1 aromatic heterocycles. The van der Waals surface area contributed by atoms with Crippen LogP contribution in [0.2, 0.25) is 0 Å². The molecule has 2 nitrogen and oxygen atoms in total. The average molecular weight is 570 g/mol. The topological polar surface area (TPSA) is 16.8 Å². The molecule has 1 spiro atoms. The third-order valence-electron chi connectivity index (χ3n) is 11.5. The van der Waals surface area contributed by atoms with Gasteiger partial charge in [0.25, 0.3) is 6.33 Å². The van der Waals surface area contributed by atoms with E-state index in [-0.39, 0.29) is 16.4 Å². The Kier molecular flexibility index (Phi) is 6.38. The number of hydrogen-bond acceptors (Lipinski definition) is 1. The Labute approximate surface area is 258 Å². The van der Waals surface area contributed by atoms with E-state index in [4.69, 9.17) is 4.98 Å². The molecule has 0 saturated carbocycles. The monoisotopic (exact) mass is 569 g/mol. The van der Waals surface area contributed by atoms with Crippen LogP contribution in [0.3, 0.4) is 0 Å². The Morgan fingerprint density at radius 3 is 2.26 bits per heavy atom. The lowest BCUT2D eigenvalue weighted by Gasteiger charge is -2.36. The van der Waals surface area contributed by atoms with Gasteiger partial charge in [0.05, 0.1) is 5.39 Å². The zero-order valence-corrected chi connectivity index (χ0v) is 27.9. The van der Waals surface area contributed by atoms with Crippen molar-refractivity contribution in [3.63, 3.8) is 0 Å². The highest BCUT2D eigenvalue weighted by Gasteiger charge is 2.54. The SMILES string of the molecule is CCC(CC)C1=CC2(CC(C(CC)CC)=C1)c1cc3ccccc3c3c1-c1c4c(cc(C(C)(C)C)cc4nc[n+]12)C3(C)C. The molecule has 4 aromatic rings. The number of benzene rings is 3. The summed E-state index contributed by atoms with van der Waals surface area (Å²) in [4.78, 5) is 5.32. The highest BCUT2D eigenvalue weighted by atomic mass is 15.1. The summed E-state index contributed by atoms with van der Waals surface area (Å²) < 4.78 is 2.62. The van der Waals surface area contributed by atoms with Crippen molar-refractivity contribution < 1.29 is 4.57 Å². The van der Waals surface area contributed by atoms with Crippen LogP contribution in [-0.4, -0.2) is 4.98 Å². The molecule has 0 amide bonds. The fourth-order valence-electron chi connectivity index (χ4n) is 8.94. The van der Waals surface area contributed by atoms with Crippen molar-refractivity contribution in [3.05, 3.63) is 94.3 Å². The second-order valence-corrected chi connectivity index (χ2v) is 15.1. The lowest BCUT2D eigenvalue weighted by molar-refractivity contribution is -0.728. The largest absolute Gasteiger partial charge is 0.288 e. The maximum atomic E-state index is 5.32. The molecule has 2 aliphatic carbocycles. The molecule has 0 fully saturated rings. The number of aromatic nitrogens is 2. The van der Waals surface area contributed by atoms with Gasteiger partial charge in [-0.05, 0) is 99.2 Å². The molecule has 43 heavy (non-hydrogen) atoms. The van der Waals surface area contributed by atoms with Crippen LogP contribution in [-0.2, 0) is 16.4 Å². The molecule has 2 heteroatoms. The highest BCUT2D eigenvalue weighted by Crippen LogP contribution is 2.58. The lowest BCUT2D eigenvalue weighted by Crippen LogP contribution is -2.55. The Hall–Kier alpha value is -3.26. The van der Waals surface area contributed by atoms with Crippen LogP contribution < -0.4 is 4.57 Å². The minimum absolute atomic E-state index is 0.0470. The average Bonchev–Trinajstić information content (AvgIpc) is 3.23. The van der Waals surface area contributed by atoms with Gasteiger partial charge in [0, 0.05) is 23.0 Å². The van der Waals surface area contributed by atoms with Crippen molar-refractivity contribution in [2.75, 3.05) is 0 Å². The molecule has 1 atom stereocenters. The second-order valence-electron chi connectivity index (χ2n) is 15.1. The summed E-state index contributed by atoms with van der Waals surface area (Å²) in [5.74, 6) is 1.16. The molecular formula is C41H49N2+. The molecule has 222 valence electrons. The van der Waals surface area contributed by atoms with Gasteiger partial charge in [0.2, 0.25) is 0 Å². The summed E-state index contributed by atoms with van der Waals surface area (Å²) in [6.07, 6.45) is 13.2. The van der Waals surface area contributed by atoms with Gasteiger partial charge in [-0.2, -0.15) is 0 Å². The Balaban J connectivity index is 1.66. The van der Waals surface area contributed by atoms with Gasteiger partial charge in [-0.25, -0.2) is 4.57 Å². The van der Waals surface area contributed by atoms with E-state index in [1.54, 1.807) is 5.57 Å². The molecule has 2 heterocycles. The third kappa shape index (κ3) is 3.84. The van der Waals surface area contributed by atoms with E-state index >= 15 is 0 Å². The molecule has 0 radical (unpaired) electrons. The van der Waals surface area contributed by atoms with Gasteiger partial charge >= 0.3 is 0 Å². The van der Waals surface area contributed by atoms with Crippen LogP contribution in [0.25, 0.3) is 32.9 Å². The number of fused-ring (bicyclic) bond motifs is 4. The second kappa shape index (κ2) is 9.62. The van der Waals surface area contributed by atoms with Crippen molar-refractivity contribution in [1.82, 2.24) is 4.98 Å². The van der Waals surface area contributed by atoms with Crippen LogP contribution in [0, 0.1) is 11.8 Å². The predicted octanol–water partition coefficient (Wildman–Crippen LogP) is 10.5. The van der Waals surface area contributed by atoms with Crippen molar-refractivity contribution in [2.24, 2.45) is 11.8 Å². The number of nitrogens with zero attached hydrogens (tertiary/aromatic N) is 2. The van der Waals surface area contributed by atoms with E-state index in [0.717, 1.165) is 11.9 Å². The summed E-state index contributed by atoms with van der Waals surface area (Å²) >= 11 is 0. The first-order valence-corrected chi connectivity index (χ1v) is 16.9. The van der Waals surface area contributed by atoms with Gasteiger partial charge in [0.15, 0.2) is 11.1 Å². The number of hydrogen-bond donors (Lipinski definition) is 0.